The van der Waals surface area contributed by atoms with Crippen LogP contribution >= 0.6 is 0 Å². The monoisotopic (exact) mass is 366 g/mol. The molecule has 0 saturated carbocycles. The van der Waals surface area contributed by atoms with Crippen LogP contribution in [0.5, 0.6) is 5.75 Å². The summed E-state index contributed by atoms with van der Waals surface area (Å²) in [5.41, 5.74) is 9.04. The number of nitrogens with two attached hydrogens (primary N) is 1. The predicted octanol–water partition coefficient (Wildman–Crippen LogP) is 5.90. The highest BCUT2D eigenvalue weighted by Gasteiger charge is 2.35. The van der Waals surface area contributed by atoms with Gasteiger partial charge < -0.3 is 10.5 Å². The SMILES string of the molecule is C/C=C\C(=C/C)C1(C)N=C(c2ccc(F)cc2)c2ccc(N)cc2O1.CC. The second-order valence-electron chi connectivity index (χ2n) is 6.05. The molecule has 1 heterocycles. The molecule has 0 aromatic heterocycles. The first-order valence-corrected chi connectivity index (χ1v) is 9.21. The Morgan fingerprint density at radius 3 is 2.37 bits per heavy atom. The molecule has 0 radical (unpaired) electrons. The quantitative estimate of drug-likeness (QED) is 0.543. The van der Waals surface area contributed by atoms with E-state index in [-0.39, 0.29) is 5.82 Å². The number of hydrogen-bond acceptors (Lipinski definition) is 3. The van der Waals surface area contributed by atoms with Gasteiger partial charge in [0, 0.05) is 35.4 Å². The average Bonchev–Trinajstić information content (AvgIpc) is 2.67. The Morgan fingerprint density at radius 1 is 1.11 bits per heavy atom. The van der Waals surface area contributed by atoms with Crippen molar-refractivity contribution in [1.82, 2.24) is 0 Å². The number of allylic oxidation sites excluding steroid dienone is 2. The molecular formula is C23H27FN2O. The second kappa shape index (κ2) is 8.67. The lowest BCUT2D eigenvalue weighted by Crippen LogP contribution is -2.37. The average molecular weight is 366 g/mol. The number of rotatable bonds is 3. The molecule has 3 rings (SSSR count). The molecule has 142 valence electrons. The van der Waals surface area contributed by atoms with Crippen molar-refractivity contribution in [3.05, 3.63) is 83.2 Å². The smallest absolute Gasteiger partial charge is 0.223 e. The Hall–Kier alpha value is -2.88. The summed E-state index contributed by atoms with van der Waals surface area (Å²) < 4.78 is 19.6. The molecule has 27 heavy (non-hydrogen) atoms. The number of anilines is 1. The summed E-state index contributed by atoms with van der Waals surface area (Å²) in [5.74, 6) is 0.389. The molecule has 1 aliphatic rings. The molecule has 0 spiro atoms. The number of halogens is 1. The highest BCUT2D eigenvalue weighted by atomic mass is 19.1. The number of nitrogen functional groups attached to an aromatic ring is 1. The highest BCUT2D eigenvalue weighted by Crippen LogP contribution is 2.37. The zero-order valence-corrected chi connectivity index (χ0v) is 16.6. The predicted molar refractivity (Wildman–Crippen MR) is 112 cm³/mol. The fourth-order valence-corrected chi connectivity index (χ4v) is 2.98. The first-order chi connectivity index (χ1) is 13.0. The summed E-state index contributed by atoms with van der Waals surface area (Å²) in [7, 11) is 0. The van der Waals surface area contributed by atoms with Crippen molar-refractivity contribution in [2.45, 2.75) is 40.3 Å². The lowest BCUT2D eigenvalue weighted by molar-refractivity contribution is 0.137. The molecule has 2 aromatic rings. The molecule has 0 aliphatic carbocycles. The van der Waals surface area contributed by atoms with Gasteiger partial charge in [0.1, 0.15) is 11.6 Å². The van der Waals surface area contributed by atoms with E-state index in [4.69, 9.17) is 15.5 Å². The van der Waals surface area contributed by atoms with E-state index in [1.54, 1.807) is 18.2 Å². The summed E-state index contributed by atoms with van der Waals surface area (Å²) >= 11 is 0. The van der Waals surface area contributed by atoms with Gasteiger partial charge in [-0.3, -0.25) is 0 Å². The van der Waals surface area contributed by atoms with Crippen molar-refractivity contribution in [2.24, 2.45) is 4.99 Å². The lowest BCUT2D eigenvalue weighted by Gasteiger charge is -2.34. The molecule has 1 aliphatic heterocycles. The van der Waals surface area contributed by atoms with Gasteiger partial charge in [-0.1, -0.05) is 32.1 Å². The third-order valence-electron chi connectivity index (χ3n) is 4.21. The van der Waals surface area contributed by atoms with E-state index < -0.39 is 5.72 Å². The first-order valence-electron chi connectivity index (χ1n) is 9.21. The Labute approximate surface area is 161 Å². The van der Waals surface area contributed by atoms with Crippen LogP contribution < -0.4 is 10.5 Å². The van der Waals surface area contributed by atoms with Crippen LogP contribution in [0.1, 0.15) is 45.7 Å². The van der Waals surface area contributed by atoms with Crippen LogP contribution in [0, 0.1) is 5.82 Å². The minimum absolute atomic E-state index is 0.278. The van der Waals surface area contributed by atoms with Crippen LogP contribution in [0.25, 0.3) is 0 Å². The van der Waals surface area contributed by atoms with Gasteiger partial charge in [0.05, 0.1) is 5.71 Å². The van der Waals surface area contributed by atoms with Crippen LogP contribution in [0.4, 0.5) is 10.1 Å². The number of fused-ring (bicyclic) bond motifs is 1. The van der Waals surface area contributed by atoms with Crippen LogP contribution in [-0.2, 0) is 0 Å². The van der Waals surface area contributed by atoms with Crippen LogP contribution in [-0.4, -0.2) is 11.4 Å². The Morgan fingerprint density at radius 2 is 1.78 bits per heavy atom. The fraction of sp³-hybridized carbons (Fsp3) is 0.261. The van der Waals surface area contributed by atoms with Crippen LogP contribution in [0.2, 0.25) is 0 Å². The molecule has 0 saturated heterocycles. The number of aliphatic imine (C=N–C) groups is 1. The van der Waals surface area contributed by atoms with Crippen molar-refractivity contribution in [1.29, 1.82) is 0 Å². The van der Waals surface area contributed by atoms with E-state index in [1.165, 1.54) is 12.1 Å². The highest BCUT2D eigenvalue weighted by molar-refractivity contribution is 6.15. The molecule has 2 N–H and O–H groups in total. The van der Waals surface area contributed by atoms with E-state index >= 15 is 0 Å². The van der Waals surface area contributed by atoms with Crippen molar-refractivity contribution in [3.8, 4) is 5.75 Å². The van der Waals surface area contributed by atoms with Crippen molar-refractivity contribution in [3.63, 3.8) is 0 Å². The Kier molecular flexibility index (Phi) is 6.56. The number of ether oxygens (including phenoxy) is 1. The first kappa shape index (κ1) is 20.4. The fourth-order valence-electron chi connectivity index (χ4n) is 2.98. The summed E-state index contributed by atoms with van der Waals surface area (Å²) in [4.78, 5) is 4.89. The normalized spacial score (nSPS) is 18.9. The third-order valence-corrected chi connectivity index (χ3v) is 4.21. The van der Waals surface area contributed by atoms with Gasteiger partial charge in [0.2, 0.25) is 5.72 Å². The van der Waals surface area contributed by atoms with Crippen molar-refractivity contribution < 1.29 is 9.13 Å². The van der Waals surface area contributed by atoms with Gasteiger partial charge in [-0.15, -0.1) is 0 Å². The van der Waals surface area contributed by atoms with Gasteiger partial charge in [-0.25, -0.2) is 9.38 Å². The summed E-state index contributed by atoms with van der Waals surface area (Å²) in [5, 5.41) is 0. The topological polar surface area (TPSA) is 47.6 Å². The second-order valence-corrected chi connectivity index (χ2v) is 6.05. The molecule has 3 nitrogen and oxygen atoms in total. The minimum Gasteiger partial charge on any atom is -0.461 e. The summed E-state index contributed by atoms with van der Waals surface area (Å²) in [6.45, 7) is 9.82. The molecule has 0 fully saturated rings. The maximum Gasteiger partial charge on any atom is 0.223 e. The largest absolute Gasteiger partial charge is 0.461 e. The van der Waals surface area contributed by atoms with E-state index in [1.807, 2.05) is 65.0 Å². The summed E-state index contributed by atoms with van der Waals surface area (Å²) in [6, 6.07) is 11.8. The van der Waals surface area contributed by atoms with E-state index in [0.717, 1.165) is 22.4 Å². The van der Waals surface area contributed by atoms with Gasteiger partial charge in [-0.2, -0.15) is 0 Å². The zero-order valence-electron chi connectivity index (χ0n) is 16.6. The summed E-state index contributed by atoms with van der Waals surface area (Å²) in [6.07, 6.45) is 5.90. The number of hydrogen-bond donors (Lipinski definition) is 1. The molecule has 1 unspecified atom stereocenters. The number of benzene rings is 2. The molecule has 1 atom stereocenters. The third kappa shape index (κ3) is 4.27. The lowest BCUT2D eigenvalue weighted by atomic mass is 9.95. The van der Waals surface area contributed by atoms with Crippen molar-refractivity contribution in [2.75, 3.05) is 5.73 Å². The van der Waals surface area contributed by atoms with Gasteiger partial charge >= 0.3 is 0 Å². The van der Waals surface area contributed by atoms with E-state index in [0.29, 0.717) is 11.4 Å². The maximum absolute atomic E-state index is 13.3. The number of nitrogens with zero attached hydrogens (tertiary/aromatic N) is 1. The maximum atomic E-state index is 13.3. The van der Waals surface area contributed by atoms with E-state index in [2.05, 4.69) is 0 Å². The molecule has 0 amide bonds. The van der Waals surface area contributed by atoms with E-state index in [9.17, 15) is 4.39 Å². The van der Waals surface area contributed by atoms with Crippen LogP contribution in [0.3, 0.4) is 0 Å². The molecule has 4 heteroatoms. The van der Waals surface area contributed by atoms with Gasteiger partial charge in [0.15, 0.2) is 0 Å². The van der Waals surface area contributed by atoms with Gasteiger partial charge in [0.25, 0.3) is 0 Å². The Balaban J connectivity index is 0.00000126. The zero-order chi connectivity index (χ0) is 20.0. The standard InChI is InChI=1S/C21H21FN2O.C2H6/c1-4-6-15(5-2)21(3)24-20(14-7-9-16(22)10-8-14)18-12-11-17(23)13-19(18)25-21;1-2/h4-13H,23H2,1-3H3;1-2H3/b6-4-,15-5+;. The molecule has 0 bridgehead atoms. The Bertz CT molecular complexity index is 882. The minimum atomic E-state index is -0.883. The molecule has 2 aromatic carbocycles. The van der Waals surface area contributed by atoms with Crippen molar-refractivity contribution >= 4 is 11.4 Å². The molecular weight excluding hydrogens is 339 g/mol. The van der Waals surface area contributed by atoms with Gasteiger partial charge in [-0.05, 0) is 50.2 Å². The van der Waals surface area contributed by atoms with Crippen LogP contribution in [0.15, 0.2) is 71.3 Å².